The zero-order valence-electron chi connectivity index (χ0n) is 10.1. The molecule has 2 N–H and O–H groups in total. The molecule has 0 saturated heterocycles. The third-order valence-electron chi connectivity index (χ3n) is 2.06. The monoisotopic (exact) mass is 261 g/mol. The Bertz CT molecular complexity index is 531. The number of hydrogen-bond donors (Lipinski definition) is 2. The summed E-state index contributed by atoms with van der Waals surface area (Å²) in [6.07, 6.45) is 0. The third kappa shape index (κ3) is 4.47. The lowest BCUT2D eigenvalue weighted by Crippen LogP contribution is -2.39. The molecular formula is C12H11N3O4. The highest BCUT2D eigenvalue weighted by molar-refractivity contribution is 5.96. The Balaban J connectivity index is 2.49. The van der Waals surface area contributed by atoms with Crippen molar-refractivity contribution in [3.8, 4) is 6.07 Å². The number of benzene rings is 1. The first-order valence-corrected chi connectivity index (χ1v) is 5.25. The van der Waals surface area contributed by atoms with Gasteiger partial charge in [-0.3, -0.25) is 10.1 Å². The van der Waals surface area contributed by atoms with Gasteiger partial charge in [0, 0.05) is 7.05 Å². The number of hydrogen-bond acceptors (Lipinski definition) is 5. The van der Waals surface area contributed by atoms with E-state index in [9.17, 15) is 14.4 Å². The normalized spacial score (nSPS) is 9.05. The molecule has 7 nitrogen and oxygen atoms in total. The molecule has 0 bridgehead atoms. The van der Waals surface area contributed by atoms with Gasteiger partial charge in [0.1, 0.15) is 0 Å². The van der Waals surface area contributed by atoms with E-state index >= 15 is 0 Å². The number of nitrogens with one attached hydrogen (secondary N) is 2. The minimum atomic E-state index is -0.735. The van der Waals surface area contributed by atoms with E-state index in [0.717, 1.165) is 0 Å². The summed E-state index contributed by atoms with van der Waals surface area (Å²) in [7, 11) is 1.35. The van der Waals surface area contributed by atoms with E-state index < -0.39 is 24.5 Å². The molecule has 0 aliphatic carbocycles. The van der Waals surface area contributed by atoms with Crippen molar-refractivity contribution in [1.29, 1.82) is 5.26 Å². The second-order valence-corrected chi connectivity index (χ2v) is 3.39. The molecule has 19 heavy (non-hydrogen) atoms. The molecule has 0 fully saturated rings. The van der Waals surface area contributed by atoms with Crippen molar-refractivity contribution in [3.63, 3.8) is 0 Å². The summed E-state index contributed by atoms with van der Waals surface area (Å²) in [5.41, 5.74) is 0.626. The van der Waals surface area contributed by atoms with E-state index in [2.05, 4.69) is 5.32 Å². The fourth-order valence-corrected chi connectivity index (χ4v) is 1.12. The largest absolute Gasteiger partial charge is 0.452 e. The number of amides is 3. The van der Waals surface area contributed by atoms with E-state index in [1.165, 1.54) is 31.3 Å². The smallest absolute Gasteiger partial charge is 0.338 e. The average Bonchev–Trinajstić information content (AvgIpc) is 2.44. The van der Waals surface area contributed by atoms with Gasteiger partial charge in [-0.2, -0.15) is 5.26 Å². The Morgan fingerprint density at radius 1 is 1.26 bits per heavy atom. The van der Waals surface area contributed by atoms with Gasteiger partial charge in [-0.05, 0) is 24.3 Å². The Hall–Kier alpha value is -2.88. The lowest BCUT2D eigenvalue weighted by molar-refractivity contribution is -0.123. The van der Waals surface area contributed by atoms with E-state index in [1.54, 1.807) is 0 Å². The number of nitrogens with zero attached hydrogens (tertiary/aromatic N) is 1. The zero-order valence-corrected chi connectivity index (χ0v) is 10.1. The lowest BCUT2D eigenvalue weighted by atomic mass is 10.1. The predicted octanol–water partition coefficient (Wildman–Crippen LogP) is 0.171. The van der Waals surface area contributed by atoms with E-state index in [1.807, 2.05) is 11.4 Å². The number of carbonyl (C=O) groups excluding carboxylic acids is 3. The highest BCUT2D eigenvalue weighted by Crippen LogP contribution is 2.04. The number of imide groups is 1. The van der Waals surface area contributed by atoms with Gasteiger partial charge >= 0.3 is 12.0 Å². The number of carbonyl (C=O) groups is 3. The van der Waals surface area contributed by atoms with Crippen molar-refractivity contribution in [1.82, 2.24) is 10.6 Å². The molecule has 0 unspecified atom stereocenters. The van der Waals surface area contributed by atoms with Crippen LogP contribution in [0.15, 0.2) is 24.3 Å². The van der Waals surface area contributed by atoms with Crippen LogP contribution in [-0.2, 0) is 9.53 Å². The van der Waals surface area contributed by atoms with Crippen LogP contribution in [0.3, 0.4) is 0 Å². The van der Waals surface area contributed by atoms with Gasteiger partial charge in [-0.25, -0.2) is 9.59 Å². The minimum Gasteiger partial charge on any atom is -0.452 e. The lowest BCUT2D eigenvalue weighted by Gasteiger charge is -2.05. The van der Waals surface area contributed by atoms with Crippen LogP contribution in [0.5, 0.6) is 0 Å². The molecule has 1 aromatic carbocycles. The Kier molecular flexibility index (Phi) is 5.04. The first-order valence-electron chi connectivity index (χ1n) is 5.25. The fourth-order valence-electron chi connectivity index (χ4n) is 1.12. The molecular weight excluding hydrogens is 250 g/mol. The SMILES string of the molecule is CNC(=O)NC(=O)COC(=O)c1ccc(C#N)cc1. The summed E-state index contributed by atoms with van der Waals surface area (Å²) >= 11 is 0. The molecule has 98 valence electrons. The molecule has 0 heterocycles. The summed E-state index contributed by atoms with van der Waals surface area (Å²) in [4.78, 5) is 33.5. The average molecular weight is 261 g/mol. The van der Waals surface area contributed by atoms with Crippen molar-refractivity contribution in [2.45, 2.75) is 0 Å². The van der Waals surface area contributed by atoms with Gasteiger partial charge < -0.3 is 10.1 Å². The standard InChI is InChI=1S/C12H11N3O4/c1-14-12(18)15-10(16)7-19-11(17)9-4-2-8(6-13)3-5-9/h2-5H,7H2,1H3,(H2,14,15,16,18). The zero-order chi connectivity index (χ0) is 14.3. The summed E-state index contributed by atoms with van der Waals surface area (Å²) in [6.45, 7) is -0.563. The van der Waals surface area contributed by atoms with Gasteiger partial charge in [0.05, 0.1) is 17.2 Å². The van der Waals surface area contributed by atoms with Crippen LogP contribution >= 0.6 is 0 Å². The maximum Gasteiger partial charge on any atom is 0.338 e. The van der Waals surface area contributed by atoms with Gasteiger partial charge in [0.2, 0.25) is 0 Å². The molecule has 1 rings (SSSR count). The number of nitriles is 1. The van der Waals surface area contributed by atoms with Gasteiger partial charge in [-0.1, -0.05) is 0 Å². The third-order valence-corrected chi connectivity index (χ3v) is 2.06. The van der Waals surface area contributed by atoms with Crippen LogP contribution in [-0.4, -0.2) is 31.6 Å². The van der Waals surface area contributed by atoms with E-state index in [0.29, 0.717) is 5.56 Å². The number of ether oxygens (including phenoxy) is 1. The van der Waals surface area contributed by atoms with Crippen LogP contribution in [0.4, 0.5) is 4.79 Å². The van der Waals surface area contributed by atoms with Crippen molar-refractivity contribution >= 4 is 17.9 Å². The Morgan fingerprint density at radius 2 is 1.89 bits per heavy atom. The molecule has 0 spiro atoms. The van der Waals surface area contributed by atoms with Gasteiger partial charge in [-0.15, -0.1) is 0 Å². The van der Waals surface area contributed by atoms with Gasteiger partial charge in [0.25, 0.3) is 5.91 Å². The van der Waals surface area contributed by atoms with Crippen LogP contribution in [0.1, 0.15) is 15.9 Å². The number of esters is 1. The van der Waals surface area contributed by atoms with Crippen molar-refractivity contribution in [2.75, 3.05) is 13.7 Å². The molecule has 0 aliphatic heterocycles. The summed E-state index contributed by atoms with van der Waals surface area (Å²) in [5.74, 6) is -1.45. The summed E-state index contributed by atoms with van der Waals surface area (Å²) in [6, 6.07) is 6.98. The van der Waals surface area contributed by atoms with E-state index in [4.69, 9.17) is 10.00 Å². The summed E-state index contributed by atoms with van der Waals surface area (Å²) < 4.78 is 4.69. The maximum atomic E-state index is 11.5. The first kappa shape index (κ1) is 14.2. The topological polar surface area (TPSA) is 108 Å². The summed E-state index contributed by atoms with van der Waals surface area (Å²) in [5, 5.41) is 12.7. The molecule has 7 heteroatoms. The highest BCUT2D eigenvalue weighted by atomic mass is 16.5. The fraction of sp³-hybridized carbons (Fsp3) is 0.167. The highest BCUT2D eigenvalue weighted by Gasteiger charge is 2.11. The van der Waals surface area contributed by atoms with E-state index in [-0.39, 0.29) is 5.56 Å². The predicted molar refractivity (Wildman–Crippen MR) is 64.0 cm³/mol. The van der Waals surface area contributed by atoms with Crippen molar-refractivity contribution in [3.05, 3.63) is 35.4 Å². The second kappa shape index (κ2) is 6.76. The molecule has 0 atom stereocenters. The minimum absolute atomic E-state index is 0.215. The second-order valence-electron chi connectivity index (χ2n) is 3.39. The quantitative estimate of drug-likeness (QED) is 0.754. The van der Waals surface area contributed by atoms with Crippen LogP contribution in [0.2, 0.25) is 0 Å². The maximum absolute atomic E-state index is 11.5. The van der Waals surface area contributed by atoms with Crippen LogP contribution in [0.25, 0.3) is 0 Å². The van der Waals surface area contributed by atoms with Crippen LogP contribution < -0.4 is 10.6 Å². The Labute approximate surface area is 109 Å². The molecule has 1 aromatic rings. The molecule has 0 aliphatic rings. The number of urea groups is 1. The molecule has 0 radical (unpaired) electrons. The molecule has 0 aromatic heterocycles. The first-order chi connectivity index (χ1) is 9.06. The van der Waals surface area contributed by atoms with Gasteiger partial charge in [0.15, 0.2) is 6.61 Å². The molecule has 3 amide bonds. The van der Waals surface area contributed by atoms with Crippen molar-refractivity contribution < 1.29 is 19.1 Å². The number of rotatable bonds is 3. The molecule has 0 saturated carbocycles. The van der Waals surface area contributed by atoms with Crippen molar-refractivity contribution in [2.24, 2.45) is 0 Å². The Morgan fingerprint density at radius 3 is 2.42 bits per heavy atom. The van der Waals surface area contributed by atoms with Crippen LogP contribution in [0, 0.1) is 11.3 Å².